The number of amides is 1. The molecule has 0 unspecified atom stereocenters. The molecule has 10 nitrogen and oxygen atoms in total. The van der Waals surface area contributed by atoms with Crippen LogP contribution in [0.1, 0.15) is 51.0 Å². The van der Waals surface area contributed by atoms with Crippen LogP contribution in [0.2, 0.25) is 0 Å². The van der Waals surface area contributed by atoms with E-state index in [1.165, 1.54) is 6.07 Å². The van der Waals surface area contributed by atoms with Gasteiger partial charge in [0.05, 0.1) is 18.0 Å². The van der Waals surface area contributed by atoms with Gasteiger partial charge in [0.25, 0.3) is 0 Å². The summed E-state index contributed by atoms with van der Waals surface area (Å²) in [7, 11) is 0. The third kappa shape index (κ3) is 5.17. The Hall–Kier alpha value is -3.31. The molecular formula is C27H35FN8O2. The van der Waals surface area contributed by atoms with Crippen molar-refractivity contribution >= 4 is 34.7 Å². The van der Waals surface area contributed by atoms with Crippen molar-refractivity contribution in [3.63, 3.8) is 0 Å². The molecule has 11 heteroatoms. The van der Waals surface area contributed by atoms with Gasteiger partial charge in [0.15, 0.2) is 5.65 Å². The molecule has 1 aromatic carbocycles. The highest BCUT2D eigenvalue weighted by molar-refractivity contribution is 5.80. The summed E-state index contributed by atoms with van der Waals surface area (Å²) in [6.07, 6.45) is 7.01. The number of nitrogens with zero attached hydrogens (tertiary/aromatic N) is 5. The number of piperazine rings is 1. The SMILES string of the molecule is O=C([C@@H]1CC[C@H](n2c(Nc3ccccc3F)nc3cnc(NC4CCC(O)CC4)nc32)C1)N1CCNCC1. The lowest BCUT2D eigenvalue weighted by molar-refractivity contribution is -0.136. The molecule has 202 valence electrons. The van der Waals surface area contributed by atoms with Gasteiger partial charge < -0.3 is 26.0 Å². The van der Waals surface area contributed by atoms with Crippen LogP contribution in [0.4, 0.5) is 22.0 Å². The number of rotatable bonds is 6. The Balaban J connectivity index is 1.30. The van der Waals surface area contributed by atoms with Crippen LogP contribution in [0, 0.1) is 11.7 Å². The zero-order valence-corrected chi connectivity index (χ0v) is 21.4. The molecule has 0 bridgehead atoms. The average molecular weight is 523 g/mol. The van der Waals surface area contributed by atoms with Gasteiger partial charge in [0.1, 0.15) is 11.3 Å². The number of carbonyl (C=O) groups is 1. The smallest absolute Gasteiger partial charge is 0.225 e. The molecule has 0 radical (unpaired) electrons. The van der Waals surface area contributed by atoms with Gasteiger partial charge in [-0.05, 0) is 57.1 Å². The summed E-state index contributed by atoms with van der Waals surface area (Å²) >= 11 is 0. The summed E-state index contributed by atoms with van der Waals surface area (Å²) in [6, 6.07) is 6.73. The quantitative estimate of drug-likeness (QED) is 0.390. The lowest BCUT2D eigenvalue weighted by Gasteiger charge is -2.29. The molecule has 3 aromatic rings. The molecule has 2 aliphatic carbocycles. The third-order valence-corrected chi connectivity index (χ3v) is 8.13. The number of aromatic nitrogens is 4. The van der Waals surface area contributed by atoms with Gasteiger partial charge in [-0.15, -0.1) is 0 Å². The van der Waals surface area contributed by atoms with Gasteiger partial charge in [0, 0.05) is 44.2 Å². The average Bonchev–Trinajstić information content (AvgIpc) is 3.56. The molecule has 2 saturated carbocycles. The molecule has 3 aliphatic rings. The number of halogens is 1. The van der Waals surface area contributed by atoms with Crippen LogP contribution >= 0.6 is 0 Å². The molecule has 2 atom stereocenters. The summed E-state index contributed by atoms with van der Waals surface area (Å²) in [5, 5.41) is 19.8. The topological polar surface area (TPSA) is 120 Å². The van der Waals surface area contributed by atoms with Gasteiger partial charge in [0.2, 0.25) is 17.8 Å². The molecule has 1 aliphatic heterocycles. The number of imidazole rings is 1. The maximum absolute atomic E-state index is 14.6. The van der Waals surface area contributed by atoms with E-state index < -0.39 is 0 Å². The van der Waals surface area contributed by atoms with Crippen molar-refractivity contribution in [2.24, 2.45) is 5.92 Å². The number of anilines is 3. The number of benzene rings is 1. The molecule has 6 rings (SSSR count). The van der Waals surface area contributed by atoms with Gasteiger partial charge in [-0.1, -0.05) is 12.1 Å². The van der Waals surface area contributed by atoms with E-state index in [0.717, 1.165) is 64.7 Å². The molecule has 4 N–H and O–H groups in total. The van der Waals surface area contributed by atoms with E-state index in [0.29, 0.717) is 35.2 Å². The fourth-order valence-corrected chi connectivity index (χ4v) is 6.04. The van der Waals surface area contributed by atoms with Crippen LogP contribution in [-0.2, 0) is 4.79 Å². The van der Waals surface area contributed by atoms with Gasteiger partial charge in [-0.25, -0.2) is 14.4 Å². The van der Waals surface area contributed by atoms with Crippen molar-refractivity contribution in [2.45, 2.75) is 63.1 Å². The molecular weight excluding hydrogens is 487 g/mol. The Bertz CT molecular complexity index is 1290. The number of hydrogen-bond donors (Lipinski definition) is 4. The maximum Gasteiger partial charge on any atom is 0.225 e. The summed E-state index contributed by atoms with van der Waals surface area (Å²) in [6.45, 7) is 3.15. The number of aliphatic hydroxyl groups excluding tert-OH is 1. The normalized spacial score (nSPS) is 26.0. The second-order valence-corrected chi connectivity index (χ2v) is 10.7. The van der Waals surface area contributed by atoms with Crippen LogP contribution < -0.4 is 16.0 Å². The van der Waals surface area contributed by atoms with Crippen molar-refractivity contribution in [3.8, 4) is 0 Å². The number of nitrogens with one attached hydrogen (secondary N) is 3. The van der Waals surface area contributed by atoms with E-state index in [2.05, 4.69) is 20.9 Å². The summed E-state index contributed by atoms with van der Waals surface area (Å²) in [5.74, 6) is 0.821. The van der Waals surface area contributed by atoms with Crippen molar-refractivity contribution in [3.05, 3.63) is 36.3 Å². The fraction of sp³-hybridized carbons (Fsp3) is 0.556. The van der Waals surface area contributed by atoms with E-state index in [-0.39, 0.29) is 35.8 Å². The third-order valence-electron chi connectivity index (χ3n) is 8.13. The highest BCUT2D eigenvalue weighted by Crippen LogP contribution is 2.40. The van der Waals surface area contributed by atoms with Crippen LogP contribution in [0.5, 0.6) is 0 Å². The van der Waals surface area contributed by atoms with E-state index in [9.17, 15) is 14.3 Å². The monoisotopic (exact) mass is 522 g/mol. The van der Waals surface area contributed by atoms with Crippen molar-refractivity contribution in [2.75, 3.05) is 36.8 Å². The summed E-state index contributed by atoms with van der Waals surface area (Å²) in [4.78, 5) is 29.3. The van der Waals surface area contributed by atoms with Crippen molar-refractivity contribution in [1.82, 2.24) is 29.7 Å². The predicted molar refractivity (Wildman–Crippen MR) is 143 cm³/mol. The van der Waals surface area contributed by atoms with Crippen LogP contribution in [0.15, 0.2) is 30.5 Å². The molecule has 1 amide bonds. The molecule has 0 spiro atoms. The first-order valence-corrected chi connectivity index (χ1v) is 13.8. The van der Waals surface area contributed by atoms with E-state index in [4.69, 9.17) is 9.97 Å². The maximum atomic E-state index is 14.6. The zero-order valence-electron chi connectivity index (χ0n) is 21.4. The molecule has 3 fully saturated rings. The van der Waals surface area contributed by atoms with Crippen LogP contribution in [0.25, 0.3) is 11.2 Å². The minimum absolute atomic E-state index is 0.00119. The minimum atomic E-state index is -0.364. The lowest BCUT2D eigenvalue weighted by atomic mass is 9.93. The molecule has 3 heterocycles. The zero-order chi connectivity index (χ0) is 26.1. The second-order valence-electron chi connectivity index (χ2n) is 10.7. The number of para-hydroxylation sites is 1. The molecule has 38 heavy (non-hydrogen) atoms. The standard InChI is InChI=1S/C27H35FN8O2/c28-21-3-1-2-4-22(21)32-27-33-23-16-30-26(31-18-6-9-20(37)10-7-18)34-24(23)36(27)19-8-5-17(15-19)25(38)35-13-11-29-12-14-35/h1-4,16-20,29,37H,5-15H2,(H,32,33)(H,30,31,34)/t17-,18?,19+,20?/m1/s1. The fourth-order valence-electron chi connectivity index (χ4n) is 6.04. The summed E-state index contributed by atoms with van der Waals surface area (Å²) in [5.41, 5.74) is 1.62. The first-order chi connectivity index (χ1) is 18.5. The Kier molecular flexibility index (Phi) is 7.12. The van der Waals surface area contributed by atoms with Gasteiger partial charge in [-0.3, -0.25) is 9.36 Å². The van der Waals surface area contributed by atoms with Crippen LogP contribution in [-0.4, -0.2) is 73.8 Å². The number of fused-ring (bicyclic) bond motifs is 1. The van der Waals surface area contributed by atoms with Crippen molar-refractivity contribution < 1.29 is 14.3 Å². The summed E-state index contributed by atoms with van der Waals surface area (Å²) < 4.78 is 16.6. The number of carbonyl (C=O) groups excluding carboxylic acids is 1. The second kappa shape index (κ2) is 10.8. The Morgan fingerprint density at radius 2 is 1.84 bits per heavy atom. The first-order valence-electron chi connectivity index (χ1n) is 13.8. The van der Waals surface area contributed by atoms with E-state index in [1.807, 2.05) is 9.47 Å². The number of aliphatic hydroxyl groups is 1. The highest BCUT2D eigenvalue weighted by Gasteiger charge is 2.36. The lowest BCUT2D eigenvalue weighted by Crippen LogP contribution is -2.48. The first kappa shape index (κ1) is 25.0. The molecule has 2 aromatic heterocycles. The Morgan fingerprint density at radius 1 is 1.05 bits per heavy atom. The largest absolute Gasteiger partial charge is 0.393 e. The number of hydrogen-bond acceptors (Lipinski definition) is 8. The Labute approximate surface area is 221 Å². The van der Waals surface area contributed by atoms with E-state index in [1.54, 1.807) is 24.4 Å². The van der Waals surface area contributed by atoms with Gasteiger partial charge in [-0.2, -0.15) is 4.98 Å². The predicted octanol–water partition coefficient (Wildman–Crippen LogP) is 3.20. The molecule has 1 saturated heterocycles. The highest BCUT2D eigenvalue weighted by atomic mass is 19.1. The van der Waals surface area contributed by atoms with Crippen LogP contribution in [0.3, 0.4) is 0 Å². The van der Waals surface area contributed by atoms with Crippen molar-refractivity contribution in [1.29, 1.82) is 0 Å². The minimum Gasteiger partial charge on any atom is -0.393 e. The van der Waals surface area contributed by atoms with E-state index >= 15 is 0 Å². The van der Waals surface area contributed by atoms with Gasteiger partial charge >= 0.3 is 0 Å². The Morgan fingerprint density at radius 3 is 2.63 bits per heavy atom.